The van der Waals surface area contributed by atoms with E-state index in [1.165, 1.54) is 24.0 Å². The Morgan fingerprint density at radius 2 is 2.12 bits per heavy atom. The van der Waals surface area contributed by atoms with Crippen molar-refractivity contribution < 1.29 is 0 Å². The summed E-state index contributed by atoms with van der Waals surface area (Å²) in [5, 5.41) is 0. The normalized spacial score (nSPS) is 18.9. The van der Waals surface area contributed by atoms with E-state index in [2.05, 4.69) is 41.2 Å². The predicted molar refractivity (Wildman–Crippen MR) is 68.6 cm³/mol. The molecule has 0 saturated heterocycles. The van der Waals surface area contributed by atoms with Gasteiger partial charge in [-0.3, -0.25) is 0 Å². The van der Waals surface area contributed by atoms with E-state index in [0.29, 0.717) is 0 Å². The molecule has 0 radical (unpaired) electrons. The van der Waals surface area contributed by atoms with Crippen LogP contribution in [0.3, 0.4) is 0 Å². The highest BCUT2D eigenvalue weighted by molar-refractivity contribution is 5.64. The van der Waals surface area contributed by atoms with Gasteiger partial charge in [-0.2, -0.15) is 0 Å². The van der Waals surface area contributed by atoms with E-state index < -0.39 is 0 Å². The fourth-order valence-electron chi connectivity index (χ4n) is 2.64. The maximum Gasteiger partial charge on any atom is 0.137 e. The van der Waals surface area contributed by atoms with Crippen LogP contribution in [0.2, 0.25) is 0 Å². The van der Waals surface area contributed by atoms with E-state index in [4.69, 9.17) is 5.73 Å². The Bertz CT molecular complexity index is 510. The molecular formula is C14H17N3. The second-order valence-electron chi connectivity index (χ2n) is 4.93. The second kappa shape index (κ2) is 3.70. The van der Waals surface area contributed by atoms with Crippen molar-refractivity contribution in [3.8, 4) is 11.4 Å². The van der Waals surface area contributed by atoms with Gasteiger partial charge in [-0.15, -0.1) is 0 Å². The standard InChI is InChI=1S/C14H17N3/c1-10(15)14(6-7-14)12-5-3-2-4-11(12)13-16-8-9-17-13/h2-5,8-10H,6-7,15H2,1H3,(H,16,17). The minimum absolute atomic E-state index is 0.170. The highest BCUT2D eigenvalue weighted by Gasteiger charge is 2.48. The third-order valence-electron chi connectivity index (χ3n) is 3.88. The lowest BCUT2D eigenvalue weighted by molar-refractivity contribution is 0.557. The third kappa shape index (κ3) is 1.58. The van der Waals surface area contributed by atoms with Gasteiger partial charge in [0.05, 0.1) is 0 Å². The number of aromatic nitrogens is 2. The summed E-state index contributed by atoms with van der Waals surface area (Å²) in [7, 11) is 0. The summed E-state index contributed by atoms with van der Waals surface area (Å²) >= 11 is 0. The Hall–Kier alpha value is -1.61. The molecule has 1 aromatic carbocycles. The van der Waals surface area contributed by atoms with Crippen molar-refractivity contribution >= 4 is 0 Å². The molecule has 1 aliphatic rings. The number of hydrogen-bond acceptors (Lipinski definition) is 2. The summed E-state index contributed by atoms with van der Waals surface area (Å²) in [6.07, 6.45) is 6.01. The van der Waals surface area contributed by atoms with Gasteiger partial charge in [0.1, 0.15) is 5.82 Å². The van der Waals surface area contributed by atoms with E-state index in [-0.39, 0.29) is 11.5 Å². The van der Waals surface area contributed by atoms with Crippen LogP contribution < -0.4 is 5.73 Å². The summed E-state index contributed by atoms with van der Waals surface area (Å²) in [6.45, 7) is 2.10. The first kappa shape index (κ1) is 10.5. The molecule has 1 saturated carbocycles. The van der Waals surface area contributed by atoms with Crippen LogP contribution >= 0.6 is 0 Å². The molecule has 17 heavy (non-hydrogen) atoms. The zero-order valence-electron chi connectivity index (χ0n) is 9.98. The highest BCUT2D eigenvalue weighted by Crippen LogP contribution is 2.52. The summed E-state index contributed by atoms with van der Waals surface area (Å²) in [6, 6.07) is 8.65. The van der Waals surface area contributed by atoms with Crippen molar-refractivity contribution in [1.82, 2.24) is 9.97 Å². The van der Waals surface area contributed by atoms with E-state index in [9.17, 15) is 0 Å². The number of aromatic amines is 1. The first-order valence-electron chi connectivity index (χ1n) is 6.09. The van der Waals surface area contributed by atoms with Crippen molar-refractivity contribution in [3.05, 3.63) is 42.2 Å². The fourth-order valence-corrected chi connectivity index (χ4v) is 2.64. The highest BCUT2D eigenvalue weighted by atomic mass is 14.9. The number of hydrogen-bond donors (Lipinski definition) is 2. The van der Waals surface area contributed by atoms with Gasteiger partial charge in [0.15, 0.2) is 0 Å². The predicted octanol–water partition coefficient (Wildman–Crippen LogP) is 2.46. The molecule has 0 spiro atoms. The van der Waals surface area contributed by atoms with Gasteiger partial charge >= 0.3 is 0 Å². The number of nitrogens with one attached hydrogen (secondary N) is 1. The number of nitrogens with zero attached hydrogens (tertiary/aromatic N) is 1. The lowest BCUT2D eigenvalue weighted by Gasteiger charge is -2.22. The lowest BCUT2D eigenvalue weighted by atomic mass is 9.86. The molecule has 3 nitrogen and oxygen atoms in total. The van der Waals surface area contributed by atoms with Gasteiger partial charge < -0.3 is 10.7 Å². The summed E-state index contributed by atoms with van der Waals surface area (Å²) < 4.78 is 0. The van der Waals surface area contributed by atoms with Crippen molar-refractivity contribution in [3.63, 3.8) is 0 Å². The average molecular weight is 227 g/mol. The Morgan fingerprint density at radius 1 is 1.35 bits per heavy atom. The molecular weight excluding hydrogens is 210 g/mol. The molecule has 1 heterocycles. The molecule has 2 aromatic rings. The van der Waals surface area contributed by atoms with Crippen molar-refractivity contribution in [2.45, 2.75) is 31.2 Å². The Morgan fingerprint density at radius 3 is 2.71 bits per heavy atom. The molecule has 1 aliphatic carbocycles. The van der Waals surface area contributed by atoms with Crippen molar-refractivity contribution in [2.24, 2.45) is 5.73 Å². The van der Waals surface area contributed by atoms with E-state index in [1.807, 2.05) is 6.20 Å². The first-order valence-corrected chi connectivity index (χ1v) is 6.09. The fraction of sp³-hybridized carbons (Fsp3) is 0.357. The molecule has 0 amide bonds. The minimum atomic E-state index is 0.170. The zero-order chi connectivity index (χ0) is 11.9. The van der Waals surface area contributed by atoms with Gasteiger partial charge in [0.25, 0.3) is 0 Å². The van der Waals surface area contributed by atoms with Crippen LogP contribution in [0, 0.1) is 0 Å². The lowest BCUT2D eigenvalue weighted by Crippen LogP contribution is -2.32. The number of benzene rings is 1. The monoisotopic (exact) mass is 227 g/mol. The molecule has 1 aromatic heterocycles. The summed E-state index contributed by atoms with van der Waals surface area (Å²) in [4.78, 5) is 7.53. The van der Waals surface area contributed by atoms with Crippen LogP contribution in [0.15, 0.2) is 36.7 Å². The van der Waals surface area contributed by atoms with Crippen LogP contribution in [0.4, 0.5) is 0 Å². The summed E-state index contributed by atoms with van der Waals surface area (Å²) in [5.74, 6) is 0.938. The molecule has 0 bridgehead atoms. The molecule has 1 atom stereocenters. The molecule has 3 N–H and O–H groups in total. The minimum Gasteiger partial charge on any atom is -0.345 e. The molecule has 3 rings (SSSR count). The molecule has 0 aliphatic heterocycles. The third-order valence-corrected chi connectivity index (χ3v) is 3.88. The van der Waals surface area contributed by atoms with Crippen LogP contribution in [0.25, 0.3) is 11.4 Å². The number of rotatable bonds is 3. The largest absolute Gasteiger partial charge is 0.345 e. The maximum absolute atomic E-state index is 6.16. The smallest absolute Gasteiger partial charge is 0.137 e. The second-order valence-corrected chi connectivity index (χ2v) is 4.93. The van der Waals surface area contributed by atoms with Crippen LogP contribution in [-0.2, 0) is 5.41 Å². The SMILES string of the molecule is CC(N)C1(c2ccccc2-c2ncc[nH]2)CC1. The van der Waals surface area contributed by atoms with E-state index in [1.54, 1.807) is 6.20 Å². The van der Waals surface area contributed by atoms with Gasteiger partial charge in [0, 0.05) is 29.4 Å². The molecule has 1 fully saturated rings. The summed E-state index contributed by atoms with van der Waals surface area (Å²) in [5.41, 5.74) is 8.85. The van der Waals surface area contributed by atoms with Crippen molar-refractivity contribution in [1.29, 1.82) is 0 Å². The number of H-pyrrole nitrogens is 1. The molecule has 3 heteroatoms. The van der Waals surface area contributed by atoms with Gasteiger partial charge in [-0.05, 0) is 25.3 Å². The molecule has 1 unspecified atom stereocenters. The van der Waals surface area contributed by atoms with Gasteiger partial charge in [-0.25, -0.2) is 4.98 Å². The van der Waals surface area contributed by atoms with Gasteiger partial charge in [-0.1, -0.05) is 24.3 Å². The number of nitrogens with two attached hydrogens (primary N) is 1. The van der Waals surface area contributed by atoms with Crippen LogP contribution in [0.1, 0.15) is 25.3 Å². The zero-order valence-corrected chi connectivity index (χ0v) is 9.98. The first-order chi connectivity index (χ1) is 8.24. The van der Waals surface area contributed by atoms with Crippen LogP contribution in [-0.4, -0.2) is 16.0 Å². The van der Waals surface area contributed by atoms with Crippen LogP contribution in [0.5, 0.6) is 0 Å². The Balaban J connectivity index is 2.12. The molecule has 88 valence electrons. The number of imidazole rings is 1. The quantitative estimate of drug-likeness (QED) is 0.846. The van der Waals surface area contributed by atoms with E-state index in [0.717, 1.165) is 5.82 Å². The van der Waals surface area contributed by atoms with Crippen molar-refractivity contribution in [2.75, 3.05) is 0 Å². The van der Waals surface area contributed by atoms with Gasteiger partial charge in [0.2, 0.25) is 0 Å². The topological polar surface area (TPSA) is 54.7 Å². The average Bonchev–Trinajstić information content (AvgIpc) is 2.98. The maximum atomic E-state index is 6.16. The Labute approximate surface area is 101 Å². The van der Waals surface area contributed by atoms with E-state index >= 15 is 0 Å². The Kier molecular flexibility index (Phi) is 2.30.